The Kier molecular flexibility index (Phi) is 3.66. The number of hydrogen-bond donors (Lipinski definition) is 1. The number of carbonyl (C=O) groups is 1. The second kappa shape index (κ2) is 5.28. The molecule has 0 heterocycles. The van der Waals surface area contributed by atoms with Gasteiger partial charge in [0.2, 0.25) is 5.91 Å². The highest BCUT2D eigenvalue weighted by Gasteiger charge is 2.36. The van der Waals surface area contributed by atoms with Crippen LogP contribution in [0.4, 0.5) is 0 Å². The van der Waals surface area contributed by atoms with Crippen LogP contribution >= 0.6 is 15.9 Å². The maximum absolute atomic E-state index is 12.3. The van der Waals surface area contributed by atoms with Crippen LogP contribution in [0.2, 0.25) is 0 Å². The van der Waals surface area contributed by atoms with Gasteiger partial charge in [-0.2, -0.15) is 0 Å². The quantitative estimate of drug-likeness (QED) is 0.846. The van der Waals surface area contributed by atoms with Gasteiger partial charge in [0.05, 0.1) is 5.92 Å². The molecule has 2 nitrogen and oxygen atoms in total. The van der Waals surface area contributed by atoms with Gasteiger partial charge in [-0.25, -0.2) is 0 Å². The summed E-state index contributed by atoms with van der Waals surface area (Å²) in [6.07, 6.45) is 5.98. The van der Waals surface area contributed by atoms with Gasteiger partial charge in [-0.05, 0) is 35.8 Å². The first-order valence-corrected chi connectivity index (χ1v) is 8.28. The molecule has 3 heteroatoms. The maximum Gasteiger partial charge on any atom is 0.227 e. The highest BCUT2D eigenvalue weighted by atomic mass is 79.9. The molecule has 1 amide bonds. The van der Waals surface area contributed by atoms with E-state index < -0.39 is 0 Å². The van der Waals surface area contributed by atoms with Crippen LogP contribution in [0.25, 0.3) is 0 Å². The van der Waals surface area contributed by atoms with Gasteiger partial charge in [0, 0.05) is 11.9 Å². The molecule has 1 N–H and O–H groups in total. The highest BCUT2D eigenvalue weighted by Crippen LogP contribution is 2.40. The van der Waals surface area contributed by atoms with Gasteiger partial charge in [0.1, 0.15) is 0 Å². The molecular formula is C16H20BrNO. The second-order valence-electron chi connectivity index (χ2n) is 6.01. The standard InChI is InChI=1S/C16H20BrNO/c17-10-16(7-3-4-8-16)11-18-15(19)14-9-12-5-1-2-6-13(12)14/h1-2,5-6,14H,3-4,7-11H2,(H,18,19). The lowest BCUT2D eigenvalue weighted by Gasteiger charge is -2.32. The molecule has 1 aromatic carbocycles. The molecule has 1 saturated carbocycles. The Morgan fingerprint density at radius 2 is 2.05 bits per heavy atom. The lowest BCUT2D eigenvalue weighted by molar-refractivity contribution is -0.123. The SMILES string of the molecule is O=C(NCC1(CBr)CCCC1)C1Cc2ccccc21. The molecular weight excluding hydrogens is 302 g/mol. The average Bonchev–Trinajstić information content (AvgIpc) is 2.87. The third-order valence-electron chi connectivity index (χ3n) is 4.76. The number of hydrogen-bond acceptors (Lipinski definition) is 1. The van der Waals surface area contributed by atoms with Crippen molar-refractivity contribution in [3.05, 3.63) is 35.4 Å². The van der Waals surface area contributed by atoms with Gasteiger partial charge in [-0.1, -0.05) is 53.0 Å². The van der Waals surface area contributed by atoms with E-state index in [0.29, 0.717) is 5.41 Å². The number of alkyl halides is 1. The summed E-state index contributed by atoms with van der Waals surface area (Å²) < 4.78 is 0. The highest BCUT2D eigenvalue weighted by molar-refractivity contribution is 9.09. The minimum Gasteiger partial charge on any atom is -0.355 e. The summed E-state index contributed by atoms with van der Waals surface area (Å²) in [7, 11) is 0. The van der Waals surface area contributed by atoms with E-state index in [9.17, 15) is 4.79 Å². The Labute approximate surface area is 123 Å². The topological polar surface area (TPSA) is 29.1 Å². The van der Waals surface area contributed by atoms with Crippen molar-refractivity contribution in [3.63, 3.8) is 0 Å². The van der Waals surface area contributed by atoms with Gasteiger partial charge < -0.3 is 5.32 Å². The molecule has 1 unspecified atom stereocenters. The zero-order valence-corrected chi connectivity index (χ0v) is 12.7. The molecule has 0 aliphatic heterocycles. The number of nitrogens with one attached hydrogen (secondary N) is 1. The number of benzene rings is 1. The second-order valence-corrected chi connectivity index (χ2v) is 6.57. The molecule has 2 aliphatic rings. The van der Waals surface area contributed by atoms with Crippen LogP contribution in [0.15, 0.2) is 24.3 Å². The zero-order chi connectivity index (χ0) is 13.3. The molecule has 0 aromatic heterocycles. The normalized spacial score (nSPS) is 23.5. The Balaban J connectivity index is 1.58. The first kappa shape index (κ1) is 13.2. The largest absolute Gasteiger partial charge is 0.355 e. The van der Waals surface area contributed by atoms with Crippen LogP contribution in [0.5, 0.6) is 0 Å². The Morgan fingerprint density at radius 1 is 1.32 bits per heavy atom. The number of carbonyl (C=O) groups excluding carboxylic acids is 1. The summed E-state index contributed by atoms with van der Waals surface area (Å²) in [5.74, 6) is 0.302. The van der Waals surface area contributed by atoms with Crippen LogP contribution in [0.3, 0.4) is 0 Å². The molecule has 102 valence electrons. The monoisotopic (exact) mass is 321 g/mol. The number of amides is 1. The van der Waals surface area contributed by atoms with Crippen molar-refractivity contribution >= 4 is 21.8 Å². The number of fused-ring (bicyclic) bond motifs is 1. The fourth-order valence-corrected chi connectivity index (χ4v) is 4.13. The summed E-state index contributed by atoms with van der Waals surface area (Å²) in [6.45, 7) is 0.829. The summed E-state index contributed by atoms with van der Waals surface area (Å²) in [6, 6.07) is 8.27. The fraction of sp³-hybridized carbons (Fsp3) is 0.562. The summed E-state index contributed by atoms with van der Waals surface area (Å²) in [5.41, 5.74) is 2.86. The van der Waals surface area contributed by atoms with Gasteiger partial charge in [-0.15, -0.1) is 0 Å². The van der Waals surface area contributed by atoms with E-state index in [0.717, 1.165) is 18.3 Å². The molecule has 1 atom stereocenters. The lowest BCUT2D eigenvalue weighted by atomic mass is 9.77. The van der Waals surface area contributed by atoms with Crippen molar-refractivity contribution in [2.45, 2.75) is 38.0 Å². The predicted molar refractivity (Wildman–Crippen MR) is 80.6 cm³/mol. The number of halogens is 1. The van der Waals surface area contributed by atoms with Crippen molar-refractivity contribution in [1.82, 2.24) is 5.32 Å². The third-order valence-corrected chi connectivity index (χ3v) is 5.95. The van der Waals surface area contributed by atoms with E-state index in [-0.39, 0.29) is 11.8 Å². The van der Waals surface area contributed by atoms with E-state index in [1.54, 1.807) is 0 Å². The fourth-order valence-electron chi connectivity index (χ4n) is 3.37. The van der Waals surface area contributed by atoms with Crippen molar-refractivity contribution < 1.29 is 4.79 Å². The molecule has 0 radical (unpaired) electrons. The molecule has 19 heavy (non-hydrogen) atoms. The third kappa shape index (κ3) is 2.45. The van der Waals surface area contributed by atoms with E-state index in [1.807, 2.05) is 12.1 Å². The van der Waals surface area contributed by atoms with Crippen molar-refractivity contribution in [3.8, 4) is 0 Å². The van der Waals surface area contributed by atoms with Crippen molar-refractivity contribution in [1.29, 1.82) is 0 Å². The van der Waals surface area contributed by atoms with E-state index in [4.69, 9.17) is 0 Å². The van der Waals surface area contributed by atoms with Crippen LogP contribution in [-0.4, -0.2) is 17.8 Å². The van der Waals surface area contributed by atoms with E-state index >= 15 is 0 Å². The minimum atomic E-state index is 0.0879. The van der Waals surface area contributed by atoms with Crippen molar-refractivity contribution in [2.24, 2.45) is 5.41 Å². The van der Waals surface area contributed by atoms with Gasteiger partial charge in [0.25, 0.3) is 0 Å². The van der Waals surface area contributed by atoms with Crippen LogP contribution in [0, 0.1) is 5.41 Å². The van der Waals surface area contributed by atoms with Crippen molar-refractivity contribution in [2.75, 3.05) is 11.9 Å². The number of rotatable bonds is 4. The molecule has 0 saturated heterocycles. The van der Waals surface area contributed by atoms with Crippen LogP contribution in [-0.2, 0) is 11.2 Å². The minimum absolute atomic E-state index is 0.0879. The molecule has 3 rings (SSSR count). The summed E-state index contributed by atoms with van der Waals surface area (Å²) in [5, 5.41) is 4.19. The lowest BCUT2D eigenvalue weighted by Crippen LogP contribution is -2.41. The molecule has 0 bridgehead atoms. The van der Waals surface area contributed by atoms with Crippen LogP contribution < -0.4 is 5.32 Å². The smallest absolute Gasteiger partial charge is 0.227 e. The zero-order valence-electron chi connectivity index (χ0n) is 11.1. The average molecular weight is 322 g/mol. The first-order chi connectivity index (χ1) is 9.24. The van der Waals surface area contributed by atoms with Gasteiger partial charge in [-0.3, -0.25) is 4.79 Å². The Bertz CT molecular complexity index is 479. The Morgan fingerprint density at radius 3 is 2.74 bits per heavy atom. The van der Waals surface area contributed by atoms with Gasteiger partial charge >= 0.3 is 0 Å². The maximum atomic E-state index is 12.3. The van der Waals surface area contributed by atoms with Crippen LogP contribution in [0.1, 0.15) is 42.7 Å². The Hall–Kier alpha value is -0.830. The molecule has 2 aliphatic carbocycles. The predicted octanol–water partition coefficient (Wildman–Crippen LogP) is 3.40. The first-order valence-electron chi connectivity index (χ1n) is 7.16. The summed E-state index contributed by atoms with van der Waals surface area (Å²) >= 11 is 3.63. The van der Waals surface area contributed by atoms with Gasteiger partial charge in [0.15, 0.2) is 0 Å². The van der Waals surface area contributed by atoms with E-state index in [1.165, 1.54) is 36.8 Å². The summed E-state index contributed by atoms with van der Waals surface area (Å²) in [4.78, 5) is 12.3. The molecule has 0 spiro atoms. The molecule has 1 aromatic rings. The van der Waals surface area contributed by atoms with E-state index in [2.05, 4.69) is 33.4 Å². The molecule has 1 fully saturated rings.